The van der Waals surface area contributed by atoms with Crippen molar-refractivity contribution < 1.29 is 19.6 Å². The third-order valence-corrected chi connectivity index (χ3v) is 3.00. The highest BCUT2D eigenvalue weighted by Crippen LogP contribution is 2.26. The molecule has 0 radical (unpaired) electrons. The van der Waals surface area contributed by atoms with Crippen LogP contribution in [0.2, 0.25) is 0 Å². The second kappa shape index (κ2) is 7.33. The largest absolute Gasteiger partial charge is 0.460 e. The summed E-state index contributed by atoms with van der Waals surface area (Å²) >= 11 is 0. The second-order valence-corrected chi connectivity index (χ2v) is 6.08. The van der Waals surface area contributed by atoms with Gasteiger partial charge in [-0.15, -0.1) is 0 Å². The molecule has 0 aliphatic carbocycles. The fraction of sp³-hybridized carbons (Fsp3) is 0.533. The van der Waals surface area contributed by atoms with E-state index < -0.39 is 41.1 Å². The van der Waals surface area contributed by atoms with Gasteiger partial charge in [-0.2, -0.15) is 0 Å². The zero-order chi connectivity index (χ0) is 16.9. The van der Waals surface area contributed by atoms with E-state index in [4.69, 9.17) is 10.5 Å². The van der Waals surface area contributed by atoms with Gasteiger partial charge < -0.3 is 15.6 Å². The third kappa shape index (κ3) is 5.42. The number of benzene rings is 1. The SMILES string of the molecule is CC(C)(C)OC(=O)C(C(O)C[N+](=O)[O-])C(N)c1ccccc1. The number of aliphatic hydroxyl groups excluding tert-OH is 1. The number of carbonyl (C=O) groups is 1. The summed E-state index contributed by atoms with van der Waals surface area (Å²) in [6.45, 7) is 4.26. The van der Waals surface area contributed by atoms with Gasteiger partial charge in [-0.1, -0.05) is 30.3 Å². The molecule has 7 nitrogen and oxygen atoms in total. The van der Waals surface area contributed by atoms with E-state index in [1.165, 1.54) is 0 Å². The van der Waals surface area contributed by atoms with Crippen LogP contribution in [-0.2, 0) is 9.53 Å². The number of hydrogen-bond donors (Lipinski definition) is 2. The van der Waals surface area contributed by atoms with E-state index in [0.29, 0.717) is 5.56 Å². The summed E-state index contributed by atoms with van der Waals surface area (Å²) in [6, 6.07) is 7.75. The van der Waals surface area contributed by atoms with Crippen LogP contribution < -0.4 is 5.73 Å². The standard InChI is InChI=1S/C15H22N2O5/c1-15(2,3)22-14(19)12(11(18)9-17(20)21)13(16)10-7-5-4-6-8-10/h4-8,11-13,18H,9,16H2,1-3H3. The first kappa shape index (κ1) is 18.1. The Balaban J connectivity index is 3.05. The Morgan fingerprint density at radius 3 is 2.36 bits per heavy atom. The number of nitro groups is 1. The van der Waals surface area contributed by atoms with E-state index in [0.717, 1.165) is 0 Å². The number of hydrogen-bond acceptors (Lipinski definition) is 6. The van der Waals surface area contributed by atoms with Crippen molar-refractivity contribution in [2.75, 3.05) is 6.54 Å². The molecule has 0 fully saturated rings. The molecule has 3 N–H and O–H groups in total. The molecule has 0 aromatic heterocycles. The van der Waals surface area contributed by atoms with Gasteiger partial charge in [-0.3, -0.25) is 14.9 Å². The zero-order valence-corrected chi connectivity index (χ0v) is 12.9. The predicted octanol–water partition coefficient (Wildman–Crippen LogP) is 1.28. The van der Waals surface area contributed by atoms with E-state index in [1.54, 1.807) is 51.1 Å². The number of aliphatic hydroxyl groups is 1. The number of nitrogens with two attached hydrogens (primary N) is 1. The Kier molecular flexibility index (Phi) is 6.01. The van der Waals surface area contributed by atoms with Crippen LogP contribution in [0.5, 0.6) is 0 Å². The van der Waals surface area contributed by atoms with Gasteiger partial charge in [-0.05, 0) is 26.3 Å². The predicted molar refractivity (Wildman–Crippen MR) is 80.6 cm³/mol. The molecule has 0 aliphatic rings. The molecule has 0 saturated heterocycles. The Morgan fingerprint density at radius 2 is 1.91 bits per heavy atom. The molecule has 0 aliphatic heterocycles. The summed E-state index contributed by atoms with van der Waals surface area (Å²) in [7, 11) is 0. The molecular formula is C15H22N2O5. The normalized spacial score (nSPS) is 15.7. The van der Waals surface area contributed by atoms with E-state index in [-0.39, 0.29) is 0 Å². The smallest absolute Gasteiger partial charge is 0.314 e. The highest BCUT2D eigenvalue weighted by molar-refractivity contribution is 5.74. The Labute approximate surface area is 129 Å². The maximum absolute atomic E-state index is 12.3. The van der Waals surface area contributed by atoms with Crippen molar-refractivity contribution in [3.05, 3.63) is 46.0 Å². The molecule has 0 spiro atoms. The van der Waals surface area contributed by atoms with E-state index >= 15 is 0 Å². The van der Waals surface area contributed by atoms with Crippen molar-refractivity contribution in [2.24, 2.45) is 11.7 Å². The molecule has 1 aromatic rings. The molecule has 122 valence electrons. The molecule has 3 atom stereocenters. The van der Waals surface area contributed by atoms with Gasteiger partial charge in [0.1, 0.15) is 17.6 Å². The van der Waals surface area contributed by atoms with Crippen LogP contribution in [0.1, 0.15) is 32.4 Å². The summed E-state index contributed by atoms with van der Waals surface area (Å²) < 4.78 is 5.24. The van der Waals surface area contributed by atoms with Crippen LogP contribution in [0.15, 0.2) is 30.3 Å². The van der Waals surface area contributed by atoms with Crippen LogP contribution in [0.4, 0.5) is 0 Å². The lowest BCUT2D eigenvalue weighted by Gasteiger charge is -2.29. The lowest BCUT2D eigenvalue weighted by molar-refractivity contribution is -0.492. The van der Waals surface area contributed by atoms with Crippen molar-refractivity contribution in [3.8, 4) is 0 Å². The minimum atomic E-state index is -1.53. The summed E-state index contributed by atoms with van der Waals surface area (Å²) in [6.07, 6.45) is -1.53. The zero-order valence-electron chi connectivity index (χ0n) is 12.9. The van der Waals surface area contributed by atoms with Gasteiger partial charge in [-0.25, -0.2) is 0 Å². The molecule has 1 rings (SSSR count). The summed E-state index contributed by atoms with van der Waals surface area (Å²) in [5.74, 6) is -1.97. The van der Waals surface area contributed by atoms with E-state index in [9.17, 15) is 20.0 Å². The number of nitrogens with zero attached hydrogens (tertiary/aromatic N) is 1. The monoisotopic (exact) mass is 310 g/mol. The topological polar surface area (TPSA) is 116 Å². The quantitative estimate of drug-likeness (QED) is 0.464. The van der Waals surface area contributed by atoms with Crippen LogP contribution in [0.3, 0.4) is 0 Å². The maximum Gasteiger partial charge on any atom is 0.314 e. The summed E-state index contributed by atoms with van der Waals surface area (Å²) in [5, 5.41) is 20.7. The van der Waals surface area contributed by atoms with E-state index in [1.807, 2.05) is 0 Å². The van der Waals surface area contributed by atoms with Crippen LogP contribution in [0.25, 0.3) is 0 Å². The second-order valence-electron chi connectivity index (χ2n) is 6.08. The van der Waals surface area contributed by atoms with Gasteiger partial charge >= 0.3 is 5.97 Å². The fourth-order valence-electron chi connectivity index (χ4n) is 2.06. The number of ether oxygens (including phenoxy) is 1. The molecule has 0 heterocycles. The van der Waals surface area contributed by atoms with Gasteiger partial charge in [0.2, 0.25) is 6.54 Å². The van der Waals surface area contributed by atoms with Crippen LogP contribution in [0, 0.1) is 16.0 Å². The summed E-state index contributed by atoms with van der Waals surface area (Å²) in [5.41, 5.74) is 5.87. The van der Waals surface area contributed by atoms with Crippen molar-refractivity contribution in [1.29, 1.82) is 0 Å². The van der Waals surface area contributed by atoms with Crippen molar-refractivity contribution in [3.63, 3.8) is 0 Å². The lowest BCUT2D eigenvalue weighted by atomic mass is 9.89. The van der Waals surface area contributed by atoms with Gasteiger partial charge in [0.05, 0.1) is 0 Å². The number of rotatable bonds is 6. The number of carbonyl (C=O) groups excluding carboxylic acids is 1. The molecule has 1 aromatic carbocycles. The molecule has 0 amide bonds. The third-order valence-electron chi connectivity index (χ3n) is 3.00. The van der Waals surface area contributed by atoms with Gasteiger partial charge in [0.25, 0.3) is 0 Å². The molecule has 0 bridgehead atoms. The van der Waals surface area contributed by atoms with Crippen molar-refractivity contribution in [2.45, 2.75) is 38.5 Å². The first-order chi connectivity index (χ1) is 10.1. The average molecular weight is 310 g/mol. The molecule has 0 saturated carbocycles. The maximum atomic E-state index is 12.3. The fourth-order valence-corrected chi connectivity index (χ4v) is 2.06. The van der Waals surface area contributed by atoms with Gasteiger partial charge in [0.15, 0.2) is 0 Å². The average Bonchev–Trinajstić information content (AvgIpc) is 2.36. The van der Waals surface area contributed by atoms with E-state index in [2.05, 4.69) is 0 Å². The first-order valence-corrected chi connectivity index (χ1v) is 6.95. The Bertz CT molecular complexity index is 512. The highest BCUT2D eigenvalue weighted by atomic mass is 16.6. The van der Waals surface area contributed by atoms with Gasteiger partial charge in [0, 0.05) is 11.0 Å². The molecule has 3 unspecified atom stereocenters. The van der Waals surface area contributed by atoms with Crippen molar-refractivity contribution in [1.82, 2.24) is 0 Å². The minimum absolute atomic E-state index is 0.598. The molecular weight excluding hydrogens is 288 g/mol. The number of esters is 1. The molecule has 7 heteroatoms. The van der Waals surface area contributed by atoms with Crippen LogP contribution in [-0.4, -0.2) is 34.2 Å². The summed E-state index contributed by atoms with van der Waals surface area (Å²) in [4.78, 5) is 22.3. The Hall–Kier alpha value is -1.99. The first-order valence-electron chi connectivity index (χ1n) is 6.95. The lowest BCUT2D eigenvalue weighted by Crippen LogP contribution is -2.44. The highest BCUT2D eigenvalue weighted by Gasteiger charge is 2.39. The molecule has 22 heavy (non-hydrogen) atoms. The van der Waals surface area contributed by atoms with Crippen molar-refractivity contribution >= 4 is 5.97 Å². The Morgan fingerprint density at radius 1 is 1.36 bits per heavy atom. The van der Waals surface area contributed by atoms with Crippen LogP contribution >= 0.6 is 0 Å². The minimum Gasteiger partial charge on any atom is -0.460 e.